The van der Waals surface area contributed by atoms with Crippen molar-refractivity contribution >= 4 is 21.8 Å². The summed E-state index contributed by atoms with van der Waals surface area (Å²) in [6.07, 6.45) is 4.36. The van der Waals surface area contributed by atoms with Gasteiger partial charge >= 0.3 is 0 Å². The lowest BCUT2D eigenvalue weighted by molar-refractivity contribution is 0.0781. The van der Waals surface area contributed by atoms with Crippen molar-refractivity contribution in [3.63, 3.8) is 0 Å². The number of amides is 1. The first-order chi connectivity index (χ1) is 8.68. The summed E-state index contributed by atoms with van der Waals surface area (Å²) in [4.78, 5) is 21.4. The van der Waals surface area contributed by atoms with Gasteiger partial charge in [0.2, 0.25) is 0 Å². The Morgan fingerprint density at radius 2 is 2.28 bits per heavy atom. The van der Waals surface area contributed by atoms with Crippen LogP contribution < -0.4 is 0 Å². The highest BCUT2D eigenvalue weighted by atomic mass is 79.9. The number of carbonyl (C=O) groups is 1. The molecule has 5 heteroatoms. The van der Waals surface area contributed by atoms with E-state index in [1.807, 2.05) is 19.2 Å². The van der Waals surface area contributed by atoms with E-state index >= 15 is 0 Å². The molecule has 1 N–H and O–H groups in total. The molecule has 4 nitrogen and oxygen atoms in total. The standard InChI is InChI=1S/C13H12BrN3O/c1-17-6-4-9-11(13(17)18)10(12(14)16-9)8-3-2-5-15-7-8/h2-3,5,7,16H,4,6H2,1H3. The second-order valence-corrected chi connectivity index (χ2v) is 5.18. The molecule has 18 heavy (non-hydrogen) atoms. The van der Waals surface area contributed by atoms with Crippen LogP contribution in [-0.4, -0.2) is 34.4 Å². The number of nitrogens with zero attached hydrogens (tertiary/aromatic N) is 2. The highest BCUT2D eigenvalue weighted by Crippen LogP contribution is 2.35. The Morgan fingerprint density at radius 3 is 3.00 bits per heavy atom. The molecule has 0 aliphatic carbocycles. The number of carbonyl (C=O) groups excluding carboxylic acids is 1. The number of halogens is 1. The smallest absolute Gasteiger partial charge is 0.256 e. The van der Waals surface area contributed by atoms with Crippen LogP contribution in [0.4, 0.5) is 0 Å². The van der Waals surface area contributed by atoms with Crippen LogP contribution >= 0.6 is 15.9 Å². The summed E-state index contributed by atoms with van der Waals surface area (Å²) in [5.41, 5.74) is 3.63. The van der Waals surface area contributed by atoms with E-state index in [-0.39, 0.29) is 5.91 Å². The molecule has 1 aliphatic heterocycles. The molecule has 0 saturated carbocycles. The number of H-pyrrole nitrogens is 1. The van der Waals surface area contributed by atoms with Gasteiger partial charge in [-0.15, -0.1) is 0 Å². The molecule has 0 spiro atoms. The van der Waals surface area contributed by atoms with Gasteiger partial charge in [0.05, 0.1) is 10.2 Å². The van der Waals surface area contributed by atoms with Gasteiger partial charge in [-0.05, 0) is 22.0 Å². The highest BCUT2D eigenvalue weighted by Gasteiger charge is 2.29. The maximum atomic E-state index is 12.3. The quantitative estimate of drug-likeness (QED) is 0.880. The maximum Gasteiger partial charge on any atom is 0.256 e. The van der Waals surface area contributed by atoms with E-state index in [1.165, 1.54) is 0 Å². The first-order valence-corrected chi connectivity index (χ1v) is 6.54. The summed E-state index contributed by atoms with van der Waals surface area (Å²) in [6.45, 7) is 0.755. The molecule has 0 radical (unpaired) electrons. The molecule has 3 heterocycles. The average Bonchev–Trinajstić information content (AvgIpc) is 2.72. The van der Waals surface area contributed by atoms with Gasteiger partial charge in [0, 0.05) is 49.2 Å². The van der Waals surface area contributed by atoms with Crippen molar-refractivity contribution in [3.8, 4) is 11.1 Å². The Morgan fingerprint density at radius 1 is 1.44 bits per heavy atom. The molecule has 2 aromatic rings. The average molecular weight is 306 g/mol. The molecule has 1 amide bonds. The monoisotopic (exact) mass is 305 g/mol. The Labute approximate surface area is 113 Å². The predicted octanol–water partition coefficient (Wildman–Crippen LogP) is 2.47. The first-order valence-electron chi connectivity index (χ1n) is 5.74. The van der Waals surface area contributed by atoms with Crippen LogP contribution in [0, 0.1) is 0 Å². The fourth-order valence-corrected chi connectivity index (χ4v) is 2.96. The molecule has 0 unspecified atom stereocenters. The first kappa shape index (κ1) is 11.5. The Kier molecular flexibility index (Phi) is 2.70. The SMILES string of the molecule is CN1CCc2[nH]c(Br)c(-c3cccnc3)c2C1=O. The molecule has 0 saturated heterocycles. The maximum absolute atomic E-state index is 12.3. The molecule has 0 atom stereocenters. The predicted molar refractivity (Wildman–Crippen MR) is 72.4 cm³/mol. The third-order valence-corrected chi connectivity index (χ3v) is 3.83. The summed E-state index contributed by atoms with van der Waals surface area (Å²) in [5, 5.41) is 0. The third kappa shape index (κ3) is 1.66. The number of likely N-dealkylation sites (N-methyl/N-ethyl adjacent to an activating group) is 1. The van der Waals surface area contributed by atoms with Crippen molar-refractivity contribution < 1.29 is 4.79 Å². The highest BCUT2D eigenvalue weighted by molar-refractivity contribution is 9.10. The Balaban J connectivity index is 2.22. The molecule has 0 fully saturated rings. The van der Waals surface area contributed by atoms with E-state index in [2.05, 4.69) is 25.9 Å². The number of nitrogens with one attached hydrogen (secondary N) is 1. The van der Waals surface area contributed by atoms with E-state index < -0.39 is 0 Å². The van der Waals surface area contributed by atoms with Crippen molar-refractivity contribution in [1.82, 2.24) is 14.9 Å². The molecular weight excluding hydrogens is 294 g/mol. The summed E-state index contributed by atoms with van der Waals surface area (Å²) in [5.74, 6) is 0.0667. The molecule has 3 rings (SSSR count). The van der Waals surface area contributed by atoms with Crippen LogP contribution in [0.3, 0.4) is 0 Å². The van der Waals surface area contributed by atoms with Crippen LogP contribution in [0.5, 0.6) is 0 Å². The number of rotatable bonds is 1. The number of hydrogen-bond donors (Lipinski definition) is 1. The van der Waals surface area contributed by atoms with Gasteiger partial charge in [-0.1, -0.05) is 6.07 Å². The summed E-state index contributed by atoms with van der Waals surface area (Å²) in [7, 11) is 1.83. The molecule has 0 bridgehead atoms. The fraction of sp³-hybridized carbons (Fsp3) is 0.231. The zero-order valence-corrected chi connectivity index (χ0v) is 11.5. The zero-order chi connectivity index (χ0) is 12.7. The normalized spacial score (nSPS) is 14.8. The Hall–Kier alpha value is -1.62. The van der Waals surface area contributed by atoms with Crippen molar-refractivity contribution in [1.29, 1.82) is 0 Å². The van der Waals surface area contributed by atoms with Crippen LogP contribution in [-0.2, 0) is 6.42 Å². The topological polar surface area (TPSA) is 49.0 Å². The van der Waals surface area contributed by atoms with Crippen molar-refractivity contribution in [3.05, 3.63) is 40.4 Å². The van der Waals surface area contributed by atoms with Crippen molar-refractivity contribution in [2.45, 2.75) is 6.42 Å². The minimum absolute atomic E-state index is 0.0667. The van der Waals surface area contributed by atoms with Crippen LogP contribution in [0.25, 0.3) is 11.1 Å². The lowest BCUT2D eigenvalue weighted by atomic mass is 9.99. The number of aromatic amines is 1. The van der Waals surface area contributed by atoms with Gasteiger partial charge in [-0.3, -0.25) is 9.78 Å². The van der Waals surface area contributed by atoms with E-state index in [1.54, 1.807) is 17.3 Å². The number of aromatic nitrogens is 2. The van der Waals surface area contributed by atoms with Gasteiger partial charge < -0.3 is 9.88 Å². The van der Waals surface area contributed by atoms with E-state index in [4.69, 9.17) is 0 Å². The van der Waals surface area contributed by atoms with Crippen molar-refractivity contribution in [2.75, 3.05) is 13.6 Å². The van der Waals surface area contributed by atoms with Gasteiger partial charge in [-0.25, -0.2) is 0 Å². The summed E-state index contributed by atoms with van der Waals surface area (Å²) >= 11 is 3.51. The fourth-order valence-electron chi connectivity index (χ4n) is 2.30. The number of fused-ring (bicyclic) bond motifs is 1. The molecule has 0 aromatic carbocycles. The largest absolute Gasteiger partial charge is 0.352 e. The van der Waals surface area contributed by atoms with Gasteiger partial charge in [0.25, 0.3) is 5.91 Å². The van der Waals surface area contributed by atoms with Gasteiger partial charge in [0.1, 0.15) is 0 Å². The minimum atomic E-state index is 0.0667. The second kappa shape index (κ2) is 4.24. The lowest BCUT2D eigenvalue weighted by Gasteiger charge is -2.23. The van der Waals surface area contributed by atoms with Gasteiger partial charge in [0.15, 0.2) is 0 Å². The lowest BCUT2D eigenvalue weighted by Crippen LogP contribution is -2.34. The Bertz CT molecular complexity index is 606. The zero-order valence-electron chi connectivity index (χ0n) is 9.90. The van der Waals surface area contributed by atoms with Crippen LogP contribution in [0.1, 0.15) is 16.1 Å². The summed E-state index contributed by atoms with van der Waals surface area (Å²) < 4.78 is 0.851. The third-order valence-electron chi connectivity index (χ3n) is 3.24. The van der Waals surface area contributed by atoms with E-state index in [0.717, 1.165) is 40.0 Å². The van der Waals surface area contributed by atoms with Crippen LogP contribution in [0.15, 0.2) is 29.1 Å². The molecule has 2 aromatic heterocycles. The molecule has 1 aliphatic rings. The molecule has 92 valence electrons. The second-order valence-electron chi connectivity index (χ2n) is 4.39. The van der Waals surface area contributed by atoms with E-state index in [9.17, 15) is 4.79 Å². The summed E-state index contributed by atoms with van der Waals surface area (Å²) in [6, 6.07) is 3.83. The number of hydrogen-bond acceptors (Lipinski definition) is 2. The van der Waals surface area contributed by atoms with E-state index in [0.29, 0.717) is 0 Å². The molecular formula is C13H12BrN3O. The van der Waals surface area contributed by atoms with Gasteiger partial charge in [-0.2, -0.15) is 0 Å². The van der Waals surface area contributed by atoms with Crippen molar-refractivity contribution in [2.24, 2.45) is 0 Å². The van der Waals surface area contributed by atoms with Crippen LogP contribution in [0.2, 0.25) is 0 Å². The number of pyridine rings is 1. The minimum Gasteiger partial charge on any atom is -0.352 e.